The molecule has 0 bridgehead atoms. The van der Waals surface area contributed by atoms with E-state index in [1.165, 1.54) is 12.8 Å². The number of hydrogen-bond acceptors (Lipinski definition) is 2. The lowest BCUT2D eigenvalue weighted by atomic mass is 10.4. The van der Waals surface area contributed by atoms with E-state index >= 15 is 0 Å². The van der Waals surface area contributed by atoms with Gasteiger partial charge < -0.3 is 0 Å². The Labute approximate surface area is 62.4 Å². The minimum atomic E-state index is 0.685. The molecule has 1 aliphatic carbocycles. The molecule has 1 aliphatic rings. The Bertz CT molecular complexity index is 133. The van der Waals surface area contributed by atoms with E-state index < -0.39 is 0 Å². The predicted octanol–water partition coefficient (Wildman–Crippen LogP) is 1.38. The summed E-state index contributed by atoms with van der Waals surface area (Å²) in [6.07, 6.45) is 3.38. The van der Waals surface area contributed by atoms with Crippen LogP contribution in [0, 0.1) is 11.3 Å². The van der Waals surface area contributed by atoms with Crippen molar-refractivity contribution in [3.8, 4) is 6.07 Å². The van der Waals surface area contributed by atoms with Crippen LogP contribution in [0.25, 0.3) is 0 Å². The topological polar surface area (TPSA) is 27.0 Å². The molecule has 0 aliphatic heterocycles. The van der Waals surface area contributed by atoms with Gasteiger partial charge >= 0.3 is 0 Å². The van der Waals surface area contributed by atoms with Gasteiger partial charge in [0, 0.05) is 19.0 Å². The quantitative estimate of drug-likeness (QED) is 0.587. The lowest BCUT2D eigenvalue weighted by Crippen LogP contribution is -2.26. The zero-order chi connectivity index (χ0) is 7.40. The Morgan fingerprint density at radius 1 is 1.60 bits per heavy atom. The number of rotatable bonds is 4. The summed E-state index contributed by atoms with van der Waals surface area (Å²) in [7, 11) is 0. The number of nitriles is 1. The van der Waals surface area contributed by atoms with Crippen LogP contribution in [-0.2, 0) is 0 Å². The summed E-state index contributed by atoms with van der Waals surface area (Å²) in [5, 5.41) is 8.34. The van der Waals surface area contributed by atoms with E-state index in [2.05, 4.69) is 17.9 Å². The lowest BCUT2D eigenvalue weighted by Gasteiger charge is -2.17. The summed E-state index contributed by atoms with van der Waals surface area (Å²) in [5.74, 6) is 0. The van der Waals surface area contributed by atoms with Gasteiger partial charge in [-0.05, 0) is 19.4 Å². The molecule has 0 unspecified atom stereocenters. The molecular weight excluding hydrogens is 124 g/mol. The van der Waals surface area contributed by atoms with Crippen molar-refractivity contribution in [2.45, 2.75) is 32.2 Å². The van der Waals surface area contributed by atoms with E-state index in [9.17, 15) is 0 Å². The third kappa shape index (κ3) is 2.00. The minimum Gasteiger partial charge on any atom is -0.300 e. The van der Waals surface area contributed by atoms with Gasteiger partial charge in [0.15, 0.2) is 0 Å². The maximum Gasteiger partial charge on any atom is 0.0635 e. The SMILES string of the molecule is CCN(CCC#N)C1CC1. The van der Waals surface area contributed by atoms with E-state index in [0.717, 1.165) is 19.1 Å². The highest BCUT2D eigenvalue weighted by Crippen LogP contribution is 2.26. The molecule has 1 rings (SSSR count). The van der Waals surface area contributed by atoms with Crippen molar-refractivity contribution < 1.29 is 0 Å². The van der Waals surface area contributed by atoms with Gasteiger partial charge in [0.05, 0.1) is 6.07 Å². The van der Waals surface area contributed by atoms with Crippen LogP contribution in [-0.4, -0.2) is 24.0 Å². The summed E-state index contributed by atoms with van der Waals surface area (Å²) >= 11 is 0. The molecule has 0 aromatic heterocycles. The summed E-state index contributed by atoms with van der Waals surface area (Å²) in [4.78, 5) is 2.39. The van der Waals surface area contributed by atoms with E-state index in [1.54, 1.807) is 0 Å². The summed E-state index contributed by atoms with van der Waals surface area (Å²) in [5.41, 5.74) is 0. The van der Waals surface area contributed by atoms with Crippen molar-refractivity contribution in [3.63, 3.8) is 0 Å². The fraction of sp³-hybridized carbons (Fsp3) is 0.875. The Morgan fingerprint density at radius 2 is 2.30 bits per heavy atom. The zero-order valence-electron chi connectivity index (χ0n) is 6.51. The van der Waals surface area contributed by atoms with Crippen molar-refractivity contribution in [2.24, 2.45) is 0 Å². The van der Waals surface area contributed by atoms with Crippen molar-refractivity contribution in [1.29, 1.82) is 5.26 Å². The molecular formula is C8H14N2. The molecule has 0 heterocycles. The minimum absolute atomic E-state index is 0.685. The normalized spacial score (nSPS) is 17.3. The first-order chi connectivity index (χ1) is 4.88. The van der Waals surface area contributed by atoms with Crippen LogP contribution in [0.2, 0.25) is 0 Å². The van der Waals surface area contributed by atoms with Crippen LogP contribution in [0.4, 0.5) is 0 Å². The standard InChI is InChI=1S/C8H14N2/c1-2-10(7-3-6-9)8-4-5-8/h8H,2-5,7H2,1H3. The maximum atomic E-state index is 8.34. The average Bonchev–Trinajstić information content (AvgIpc) is 2.73. The molecule has 0 radical (unpaired) electrons. The van der Waals surface area contributed by atoms with Gasteiger partial charge in [-0.3, -0.25) is 4.90 Å². The molecule has 0 N–H and O–H groups in total. The molecule has 0 spiro atoms. The Balaban J connectivity index is 2.14. The molecule has 2 heteroatoms. The van der Waals surface area contributed by atoms with Crippen LogP contribution in [0.5, 0.6) is 0 Å². The first kappa shape index (κ1) is 7.56. The Morgan fingerprint density at radius 3 is 2.70 bits per heavy atom. The number of nitrogens with zero attached hydrogens (tertiary/aromatic N) is 2. The Hall–Kier alpha value is -0.550. The molecule has 1 fully saturated rings. The Kier molecular flexibility index (Phi) is 2.70. The smallest absolute Gasteiger partial charge is 0.0635 e. The third-order valence-electron chi connectivity index (χ3n) is 1.98. The van der Waals surface area contributed by atoms with Crippen molar-refractivity contribution >= 4 is 0 Å². The molecule has 0 saturated heterocycles. The monoisotopic (exact) mass is 138 g/mol. The molecule has 0 amide bonds. The lowest BCUT2D eigenvalue weighted by molar-refractivity contribution is 0.284. The van der Waals surface area contributed by atoms with E-state index in [-0.39, 0.29) is 0 Å². The highest BCUT2D eigenvalue weighted by Gasteiger charge is 2.26. The summed E-state index contributed by atoms with van der Waals surface area (Å²) in [6, 6.07) is 2.99. The van der Waals surface area contributed by atoms with Crippen LogP contribution < -0.4 is 0 Å². The van der Waals surface area contributed by atoms with Crippen molar-refractivity contribution in [3.05, 3.63) is 0 Å². The van der Waals surface area contributed by atoms with Crippen LogP contribution >= 0.6 is 0 Å². The molecule has 0 aromatic carbocycles. The van der Waals surface area contributed by atoms with E-state index in [1.807, 2.05) is 0 Å². The second-order valence-electron chi connectivity index (χ2n) is 2.77. The average molecular weight is 138 g/mol. The summed E-state index contributed by atoms with van der Waals surface area (Å²) < 4.78 is 0. The van der Waals surface area contributed by atoms with Crippen LogP contribution in [0.1, 0.15) is 26.2 Å². The molecule has 2 nitrogen and oxygen atoms in total. The molecule has 56 valence electrons. The molecule has 0 aromatic rings. The largest absolute Gasteiger partial charge is 0.300 e. The fourth-order valence-electron chi connectivity index (χ4n) is 1.23. The zero-order valence-corrected chi connectivity index (χ0v) is 6.51. The fourth-order valence-corrected chi connectivity index (χ4v) is 1.23. The van der Waals surface area contributed by atoms with Gasteiger partial charge in [0.1, 0.15) is 0 Å². The highest BCUT2D eigenvalue weighted by atomic mass is 15.2. The molecule has 10 heavy (non-hydrogen) atoms. The van der Waals surface area contributed by atoms with Gasteiger partial charge in [-0.1, -0.05) is 6.92 Å². The van der Waals surface area contributed by atoms with Crippen LogP contribution in [0.3, 0.4) is 0 Å². The predicted molar refractivity (Wildman–Crippen MR) is 40.5 cm³/mol. The van der Waals surface area contributed by atoms with Gasteiger partial charge in [0.25, 0.3) is 0 Å². The second kappa shape index (κ2) is 3.58. The van der Waals surface area contributed by atoms with Crippen molar-refractivity contribution in [1.82, 2.24) is 4.90 Å². The van der Waals surface area contributed by atoms with Gasteiger partial charge in [0.2, 0.25) is 0 Å². The van der Waals surface area contributed by atoms with Gasteiger partial charge in [-0.25, -0.2) is 0 Å². The first-order valence-corrected chi connectivity index (χ1v) is 3.99. The van der Waals surface area contributed by atoms with Gasteiger partial charge in [-0.15, -0.1) is 0 Å². The molecule has 0 atom stereocenters. The van der Waals surface area contributed by atoms with Gasteiger partial charge in [-0.2, -0.15) is 5.26 Å². The van der Waals surface area contributed by atoms with Crippen LogP contribution in [0.15, 0.2) is 0 Å². The molecule has 1 saturated carbocycles. The first-order valence-electron chi connectivity index (χ1n) is 3.99. The highest BCUT2D eigenvalue weighted by molar-refractivity contribution is 4.85. The maximum absolute atomic E-state index is 8.34. The third-order valence-corrected chi connectivity index (χ3v) is 1.98. The van der Waals surface area contributed by atoms with E-state index in [0.29, 0.717) is 6.42 Å². The second-order valence-corrected chi connectivity index (χ2v) is 2.77. The van der Waals surface area contributed by atoms with Crippen molar-refractivity contribution in [2.75, 3.05) is 13.1 Å². The van der Waals surface area contributed by atoms with E-state index in [4.69, 9.17) is 5.26 Å². The number of hydrogen-bond donors (Lipinski definition) is 0. The summed E-state index contributed by atoms with van der Waals surface area (Å²) in [6.45, 7) is 4.24.